The summed E-state index contributed by atoms with van der Waals surface area (Å²) in [5.74, 6) is -2.83. The SMILES string of the molecule is Cc1cc(-n2nc3c(c2NC(=O)C(F)(F)F)[C@H](C)N(C(=O)OC(C)(C)C)CC32CC=CC2)cc(C)c1F. The summed E-state index contributed by atoms with van der Waals surface area (Å²) in [6, 6.07) is 2.15. The van der Waals surface area contributed by atoms with Crippen LogP contribution in [0.4, 0.5) is 28.2 Å². The van der Waals surface area contributed by atoms with Gasteiger partial charge in [-0.3, -0.25) is 4.79 Å². The molecule has 1 spiro atoms. The van der Waals surface area contributed by atoms with Gasteiger partial charge >= 0.3 is 18.2 Å². The monoisotopic (exact) mass is 522 g/mol. The first-order valence-corrected chi connectivity index (χ1v) is 12.0. The van der Waals surface area contributed by atoms with Gasteiger partial charge in [0.1, 0.15) is 17.2 Å². The topological polar surface area (TPSA) is 76.5 Å². The Kier molecular flexibility index (Phi) is 6.41. The third-order valence-electron chi connectivity index (χ3n) is 6.75. The first kappa shape index (κ1) is 26.7. The molecule has 0 fully saturated rings. The van der Waals surface area contributed by atoms with Gasteiger partial charge in [-0.1, -0.05) is 12.2 Å². The van der Waals surface area contributed by atoms with Crippen LogP contribution in [-0.2, 0) is 14.9 Å². The van der Waals surface area contributed by atoms with Crippen LogP contribution in [-0.4, -0.2) is 45.0 Å². The number of halogens is 4. The molecule has 0 bridgehead atoms. The molecule has 2 aromatic rings. The molecule has 0 saturated heterocycles. The summed E-state index contributed by atoms with van der Waals surface area (Å²) in [6.45, 7) is 10.2. The van der Waals surface area contributed by atoms with E-state index in [4.69, 9.17) is 9.84 Å². The lowest BCUT2D eigenvalue weighted by molar-refractivity contribution is -0.167. The van der Waals surface area contributed by atoms with Crippen LogP contribution >= 0.6 is 0 Å². The van der Waals surface area contributed by atoms with E-state index in [1.807, 2.05) is 17.5 Å². The van der Waals surface area contributed by atoms with Crippen molar-refractivity contribution in [3.63, 3.8) is 0 Å². The van der Waals surface area contributed by atoms with Crippen LogP contribution in [0, 0.1) is 19.7 Å². The molecule has 1 atom stereocenters. The highest BCUT2D eigenvalue weighted by Crippen LogP contribution is 2.49. The Morgan fingerprint density at radius 3 is 2.19 bits per heavy atom. The number of allylic oxidation sites excluding steroid dienone is 2. The Bertz CT molecular complexity index is 1260. The van der Waals surface area contributed by atoms with Crippen LogP contribution in [0.5, 0.6) is 0 Å². The summed E-state index contributed by atoms with van der Waals surface area (Å²) >= 11 is 0. The lowest BCUT2D eigenvalue weighted by Crippen LogP contribution is -2.50. The molecule has 4 rings (SSSR count). The molecular formula is C26H30F4N4O3. The summed E-state index contributed by atoms with van der Waals surface area (Å²) in [4.78, 5) is 26.8. The Morgan fingerprint density at radius 2 is 1.68 bits per heavy atom. The first-order chi connectivity index (χ1) is 17.0. The lowest BCUT2D eigenvalue weighted by atomic mass is 9.75. The van der Waals surface area contributed by atoms with Crippen molar-refractivity contribution in [3.05, 3.63) is 52.5 Å². The maximum atomic E-state index is 14.4. The van der Waals surface area contributed by atoms with E-state index in [0.29, 0.717) is 24.2 Å². The molecule has 37 heavy (non-hydrogen) atoms. The molecule has 7 nitrogen and oxygen atoms in total. The van der Waals surface area contributed by atoms with Gasteiger partial charge in [-0.05, 0) is 77.6 Å². The number of anilines is 1. The van der Waals surface area contributed by atoms with Crippen molar-refractivity contribution < 1.29 is 31.9 Å². The van der Waals surface area contributed by atoms with Gasteiger partial charge in [-0.2, -0.15) is 18.3 Å². The number of carbonyl (C=O) groups is 2. The highest BCUT2D eigenvalue weighted by molar-refractivity contribution is 5.95. The van der Waals surface area contributed by atoms with Gasteiger partial charge in [0, 0.05) is 17.5 Å². The Balaban J connectivity index is 1.95. The number of benzene rings is 1. The summed E-state index contributed by atoms with van der Waals surface area (Å²) in [7, 11) is 0. The van der Waals surface area contributed by atoms with Gasteiger partial charge in [0.2, 0.25) is 0 Å². The van der Waals surface area contributed by atoms with Crippen molar-refractivity contribution in [3.8, 4) is 5.69 Å². The number of hydrogen-bond donors (Lipinski definition) is 1. The largest absolute Gasteiger partial charge is 0.471 e. The van der Waals surface area contributed by atoms with E-state index >= 15 is 0 Å². The van der Waals surface area contributed by atoms with Crippen LogP contribution in [0.25, 0.3) is 5.69 Å². The highest BCUT2D eigenvalue weighted by Gasteiger charge is 2.50. The maximum Gasteiger partial charge on any atom is 0.471 e. The number of aryl methyl sites for hydroxylation is 2. The van der Waals surface area contributed by atoms with Crippen molar-refractivity contribution >= 4 is 17.8 Å². The van der Waals surface area contributed by atoms with Gasteiger partial charge in [-0.25, -0.2) is 13.9 Å². The second kappa shape index (κ2) is 8.88. The number of nitrogens with zero attached hydrogens (tertiary/aromatic N) is 3. The average Bonchev–Trinajstić information content (AvgIpc) is 3.38. The first-order valence-electron chi connectivity index (χ1n) is 12.0. The molecule has 0 radical (unpaired) electrons. The predicted octanol–water partition coefficient (Wildman–Crippen LogP) is 6.03. The van der Waals surface area contributed by atoms with E-state index in [9.17, 15) is 27.2 Å². The molecule has 1 aromatic heterocycles. The molecule has 200 valence electrons. The second-order valence-corrected chi connectivity index (χ2v) is 10.8. The number of carbonyl (C=O) groups excluding carboxylic acids is 2. The lowest BCUT2D eigenvalue weighted by Gasteiger charge is -2.43. The van der Waals surface area contributed by atoms with Crippen molar-refractivity contribution in [1.82, 2.24) is 14.7 Å². The van der Waals surface area contributed by atoms with E-state index in [0.717, 1.165) is 0 Å². The smallest absolute Gasteiger partial charge is 0.444 e. The molecule has 1 aromatic carbocycles. The van der Waals surface area contributed by atoms with Gasteiger partial charge in [0.05, 0.1) is 17.4 Å². The fourth-order valence-electron chi connectivity index (χ4n) is 5.01. The standard InChI is InChI=1S/C26H30F4N4O3/c1-14-11-17(12-15(2)19(14)27)34-21(31-22(35)26(28,29)30)18-16(3)33(23(36)37-24(4,5)6)13-25(20(18)32-34)9-7-8-10-25/h7-8,11-12,16H,9-10,13H2,1-6H3,(H,31,35)/t16-/m0/s1. The van der Waals surface area contributed by atoms with Crippen molar-refractivity contribution in [2.75, 3.05) is 11.9 Å². The molecule has 2 amide bonds. The van der Waals surface area contributed by atoms with Crippen molar-refractivity contribution in [1.29, 1.82) is 0 Å². The zero-order chi connectivity index (χ0) is 27.5. The fourth-order valence-corrected chi connectivity index (χ4v) is 5.01. The van der Waals surface area contributed by atoms with Crippen LogP contribution < -0.4 is 5.32 Å². The maximum absolute atomic E-state index is 14.4. The molecule has 2 aliphatic rings. The number of hydrogen-bond acceptors (Lipinski definition) is 4. The van der Waals surface area contributed by atoms with Gasteiger partial charge in [0.15, 0.2) is 0 Å². The third-order valence-corrected chi connectivity index (χ3v) is 6.75. The minimum atomic E-state index is -5.16. The van der Waals surface area contributed by atoms with Crippen LogP contribution in [0.3, 0.4) is 0 Å². The van der Waals surface area contributed by atoms with Crippen LogP contribution in [0.1, 0.15) is 69.0 Å². The van der Waals surface area contributed by atoms with E-state index in [1.54, 1.807) is 41.5 Å². The number of nitrogens with one attached hydrogen (secondary N) is 1. The summed E-state index contributed by atoms with van der Waals surface area (Å²) in [6.07, 6.45) is -0.912. The quantitative estimate of drug-likeness (QED) is 0.386. The molecule has 11 heteroatoms. The second-order valence-electron chi connectivity index (χ2n) is 10.8. The number of alkyl halides is 3. The number of aromatic nitrogens is 2. The Morgan fingerprint density at radius 1 is 1.11 bits per heavy atom. The van der Waals surface area contributed by atoms with E-state index in [2.05, 4.69) is 0 Å². The molecule has 0 unspecified atom stereocenters. The fraction of sp³-hybridized carbons (Fsp3) is 0.500. The normalized spacial score (nSPS) is 18.8. The summed E-state index contributed by atoms with van der Waals surface area (Å²) in [5, 5.41) is 6.71. The minimum absolute atomic E-state index is 0.213. The zero-order valence-electron chi connectivity index (χ0n) is 21.6. The summed E-state index contributed by atoms with van der Waals surface area (Å²) < 4.78 is 61.4. The van der Waals surface area contributed by atoms with Gasteiger partial charge in [-0.15, -0.1) is 0 Å². The van der Waals surface area contributed by atoms with Crippen molar-refractivity contribution in [2.24, 2.45) is 0 Å². The molecule has 1 aliphatic heterocycles. The number of amides is 2. The molecule has 1 aliphatic carbocycles. The highest BCUT2D eigenvalue weighted by atomic mass is 19.4. The Hall–Kier alpha value is -3.37. The molecule has 2 heterocycles. The van der Waals surface area contributed by atoms with Crippen molar-refractivity contribution in [2.45, 2.75) is 77.6 Å². The number of fused-ring (bicyclic) bond motifs is 2. The van der Waals surface area contributed by atoms with Crippen LogP contribution in [0.15, 0.2) is 24.3 Å². The predicted molar refractivity (Wildman–Crippen MR) is 129 cm³/mol. The summed E-state index contributed by atoms with van der Waals surface area (Å²) in [5.41, 5.74) is 0.111. The average molecular weight is 523 g/mol. The minimum Gasteiger partial charge on any atom is -0.444 e. The molecular weight excluding hydrogens is 492 g/mol. The molecule has 0 saturated carbocycles. The number of rotatable bonds is 2. The molecule has 1 N–H and O–H groups in total. The van der Waals surface area contributed by atoms with E-state index in [1.165, 1.54) is 21.7 Å². The Labute approximate surface area is 212 Å². The van der Waals surface area contributed by atoms with E-state index < -0.39 is 41.1 Å². The van der Waals surface area contributed by atoms with Gasteiger partial charge in [0.25, 0.3) is 0 Å². The number of ether oxygens (including phenoxy) is 1. The third kappa shape index (κ3) is 4.83. The van der Waals surface area contributed by atoms with Gasteiger partial charge < -0.3 is 15.0 Å². The van der Waals surface area contributed by atoms with Crippen LogP contribution in [0.2, 0.25) is 0 Å². The zero-order valence-corrected chi connectivity index (χ0v) is 21.6. The van der Waals surface area contributed by atoms with E-state index in [-0.39, 0.29) is 29.1 Å².